The van der Waals surface area contributed by atoms with Crippen LogP contribution in [0.4, 0.5) is 5.69 Å². The zero-order chi connectivity index (χ0) is 19.8. The number of fused-ring (bicyclic) bond motifs is 1. The van der Waals surface area contributed by atoms with Crippen molar-refractivity contribution >= 4 is 38.9 Å². The molecule has 1 amide bonds. The zero-order valence-corrected chi connectivity index (χ0v) is 16.5. The Bertz CT molecular complexity index is 983. The van der Waals surface area contributed by atoms with Gasteiger partial charge in [0.15, 0.2) is 6.10 Å². The van der Waals surface area contributed by atoms with Crippen LogP contribution >= 0.6 is 11.3 Å². The Balaban J connectivity index is 2.10. The molecule has 0 unspecified atom stereocenters. The van der Waals surface area contributed by atoms with Gasteiger partial charge in [-0.25, -0.2) is 13.2 Å². The highest BCUT2D eigenvalue weighted by Crippen LogP contribution is 2.38. The second kappa shape index (κ2) is 7.20. The van der Waals surface area contributed by atoms with Gasteiger partial charge >= 0.3 is 5.97 Å². The molecule has 1 aliphatic rings. The fourth-order valence-corrected chi connectivity index (χ4v) is 5.49. The van der Waals surface area contributed by atoms with Gasteiger partial charge in [-0.1, -0.05) is 12.1 Å². The molecule has 2 heterocycles. The van der Waals surface area contributed by atoms with Crippen LogP contribution in [-0.4, -0.2) is 59.0 Å². The monoisotopic (exact) mass is 410 g/mol. The largest absolute Gasteiger partial charge is 0.476 e. The van der Waals surface area contributed by atoms with E-state index in [1.807, 2.05) is 0 Å². The Kier molecular flexibility index (Phi) is 5.11. The van der Waals surface area contributed by atoms with Gasteiger partial charge in [-0.05, 0) is 23.6 Å². The number of carbonyl (C=O) groups excluding carboxylic acids is 2. The molecule has 8 nitrogen and oxygen atoms in total. The standard InChI is InChI=1S/C17H18N2O6S2/c1-18(2)16(20)13-10-19(11-6-4-5-7-12(11)25-13)27(22,23)14-8-9-26-15(14)17(21)24-3/h4-9,13H,10H2,1-3H3/t13-/m0/s1. The number of anilines is 1. The van der Waals surface area contributed by atoms with E-state index < -0.39 is 22.1 Å². The van der Waals surface area contributed by atoms with E-state index in [-0.39, 0.29) is 28.0 Å². The molecule has 1 aliphatic heterocycles. The topological polar surface area (TPSA) is 93.2 Å². The molecular formula is C17H18N2O6S2. The molecule has 1 atom stereocenters. The van der Waals surface area contributed by atoms with Gasteiger partial charge in [0.25, 0.3) is 15.9 Å². The predicted molar refractivity (Wildman–Crippen MR) is 99.7 cm³/mol. The Morgan fingerprint density at radius 1 is 1.26 bits per heavy atom. The lowest BCUT2D eigenvalue weighted by molar-refractivity contribution is -0.135. The van der Waals surface area contributed by atoms with Crippen molar-refractivity contribution in [3.63, 3.8) is 0 Å². The summed E-state index contributed by atoms with van der Waals surface area (Å²) in [7, 11) is 0.208. The molecule has 0 fully saturated rings. The number of benzene rings is 1. The molecule has 10 heteroatoms. The average Bonchev–Trinajstić information content (AvgIpc) is 3.16. The van der Waals surface area contributed by atoms with Gasteiger partial charge in [0.1, 0.15) is 15.5 Å². The summed E-state index contributed by atoms with van der Waals surface area (Å²) < 4.78 is 38.2. The molecular weight excluding hydrogens is 392 g/mol. The van der Waals surface area contributed by atoms with Crippen molar-refractivity contribution in [2.75, 3.05) is 32.1 Å². The smallest absolute Gasteiger partial charge is 0.349 e. The highest BCUT2D eigenvalue weighted by atomic mass is 32.2. The van der Waals surface area contributed by atoms with Crippen LogP contribution in [-0.2, 0) is 19.6 Å². The van der Waals surface area contributed by atoms with Crippen molar-refractivity contribution in [2.45, 2.75) is 11.0 Å². The summed E-state index contributed by atoms with van der Waals surface area (Å²) in [6.45, 7) is -0.202. The van der Waals surface area contributed by atoms with Crippen molar-refractivity contribution in [3.8, 4) is 5.75 Å². The maximum atomic E-state index is 13.3. The summed E-state index contributed by atoms with van der Waals surface area (Å²) in [4.78, 5) is 25.5. The first-order chi connectivity index (χ1) is 12.8. The summed E-state index contributed by atoms with van der Waals surface area (Å²) in [5, 5.41) is 1.51. The van der Waals surface area contributed by atoms with E-state index in [4.69, 9.17) is 4.74 Å². The van der Waals surface area contributed by atoms with E-state index in [0.29, 0.717) is 5.69 Å². The van der Waals surface area contributed by atoms with Crippen molar-refractivity contribution < 1.29 is 27.5 Å². The van der Waals surface area contributed by atoms with Crippen LogP contribution in [0.25, 0.3) is 0 Å². The van der Waals surface area contributed by atoms with Crippen LogP contribution in [0.3, 0.4) is 0 Å². The van der Waals surface area contributed by atoms with Gasteiger partial charge in [0.2, 0.25) is 0 Å². The molecule has 3 rings (SSSR count). The Hall–Kier alpha value is -2.59. The number of nitrogens with zero attached hydrogens (tertiary/aromatic N) is 2. The third-order valence-electron chi connectivity index (χ3n) is 4.02. The van der Waals surface area contributed by atoms with E-state index in [0.717, 1.165) is 15.6 Å². The lowest BCUT2D eigenvalue weighted by Gasteiger charge is -2.35. The van der Waals surface area contributed by atoms with E-state index in [1.54, 1.807) is 38.4 Å². The van der Waals surface area contributed by atoms with Crippen molar-refractivity contribution in [2.24, 2.45) is 0 Å². The average molecular weight is 410 g/mol. The number of thiophene rings is 1. The number of sulfonamides is 1. The van der Waals surface area contributed by atoms with Crippen molar-refractivity contribution in [1.82, 2.24) is 4.90 Å². The summed E-state index contributed by atoms with van der Waals surface area (Å²) in [6, 6.07) is 7.91. The fraction of sp³-hybridized carbons (Fsp3) is 0.294. The number of rotatable bonds is 4. The Labute approximate surface area is 161 Å². The maximum absolute atomic E-state index is 13.3. The van der Waals surface area contributed by atoms with Crippen LogP contribution in [0.2, 0.25) is 0 Å². The van der Waals surface area contributed by atoms with Crippen molar-refractivity contribution in [1.29, 1.82) is 0 Å². The molecule has 144 valence electrons. The minimum atomic E-state index is -4.12. The van der Waals surface area contributed by atoms with E-state index in [2.05, 4.69) is 4.74 Å². The van der Waals surface area contributed by atoms with Gasteiger partial charge < -0.3 is 14.4 Å². The number of hydrogen-bond acceptors (Lipinski definition) is 7. The van der Waals surface area contributed by atoms with E-state index in [1.165, 1.54) is 23.5 Å². The first kappa shape index (κ1) is 19.2. The number of methoxy groups -OCH3 is 1. The minimum Gasteiger partial charge on any atom is -0.476 e. The van der Waals surface area contributed by atoms with Gasteiger partial charge in [0.05, 0.1) is 19.3 Å². The van der Waals surface area contributed by atoms with Gasteiger partial charge in [0, 0.05) is 14.1 Å². The number of likely N-dealkylation sites (N-methyl/N-ethyl adjacent to an activating group) is 1. The van der Waals surface area contributed by atoms with Crippen LogP contribution in [0, 0.1) is 0 Å². The van der Waals surface area contributed by atoms with Gasteiger partial charge in [-0.2, -0.15) is 0 Å². The molecule has 0 spiro atoms. The van der Waals surface area contributed by atoms with Crippen LogP contribution in [0.15, 0.2) is 40.6 Å². The second-order valence-corrected chi connectivity index (χ2v) is 8.70. The van der Waals surface area contributed by atoms with Crippen LogP contribution < -0.4 is 9.04 Å². The fourth-order valence-electron chi connectivity index (χ4n) is 2.71. The first-order valence-corrected chi connectivity index (χ1v) is 10.2. The quantitative estimate of drug-likeness (QED) is 0.711. The maximum Gasteiger partial charge on any atom is 0.349 e. The molecule has 1 aromatic heterocycles. The lowest BCUT2D eigenvalue weighted by Crippen LogP contribution is -2.50. The number of para-hydroxylation sites is 2. The van der Waals surface area contributed by atoms with Crippen LogP contribution in [0.1, 0.15) is 9.67 Å². The molecule has 2 aromatic rings. The van der Waals surface area contributed by atoms with Gasteiger partial charge in [-0.15, -0.1) is 11.3 Å². The van der Waals surface area contributed by atoms with Gasteiger partial charge in [-0.3, -0.25) is 9.10 Å². The second-order valence-electron chi connectivity index (χ2n) is 5.95. The Morgan fingerprint density at radius 2 is 1.96 bits per heavy atom. The highest BCUT2D eigenvalue weighted by Gasteiger charge is 2.39. The molecule has 0 aliphatic carbocycles. The highest BCUT2D eigenvalue weighted by molar-refractivity contribution is 7.93. The third kappa shape index (κ3) is 3.37. The number of hydrogen-bond donors (Lipinski definition) is 0. The van der Waals surface area contributed by atoms with E-state index in [9.17, 15) is 18.0 Å². The summed E-state index contributed by atoms with van der Waals surface area (Å²) in [6.07, 6.45) is -0.995. The Morgan fingerprint density at radius 3 is 2.63 bits per heavy atom. The lowest BCUT2D eigenvalue weighted by atomic mass is 10.2. The SMILES string of the molecule is COC(=O)c1sccc1S(=O)(=O)N1C[C@@H](C(=O)N(C)C)Oc2ccccc21. The molecule has 0 saturated carbocycles. The van der Waals surface area contributed by atoms with Crippen LogP contribution in [0.5, 0.6) is 5.75 Å². The minimum absolute atomic E-state index is 0.0167. The summed E-state index contributed by atoms with van der Waals surface area (Å²) in [5.41, 5.74) is 0.308. The predicted octanol–water partition coefficient (Wildman–Crippen LogP) is 1.58. The number of ether oxygens (including phenoxy) is 2. The first-order valence-electron chi connectivity index (χ1n) is 7.92. The molecule has 0 saturated heterocycles. The molecule has 0 bridgehead atoms. The summed E-state index contributed by atoms with van der Waals surface area (Å²) >= 11 is 0.980. The number of carbonyl (C=O) groups is 2. The van der Waals surface area contributed by atoms with Crippen molar-refractivity contribution in [3.05, 3.63) is 40.6 Å². The molecule has 0 radical (unpaired) electrons. The molecule has 0 N–H and O–H groups in total. The third-order valence-corrected chi connectivity index (χ3v) is 6.86. The number of amides is 1. The van der Waals surface area contributed by atoms with E-state index >= 15 is 0 Å². The normalized spacial score (nSPS) is 16.3. The molecule has 27 heavy (non-hydrogen) atoms. The summed E-state index contributed by atoms with van der Waals surface area (Å²) in [5.74, 6) is -0.809. The number of esters is 1. The molecule has 1 aromatic carbocycles. The zero-order valence-electron chi connectivity index (χ0n) is 14.9.